The average molecular weight is 385 g/mol. The van der Waals surface area contributed by atoms with Crippen LogP contribution in [0.5, 0.6) is 0 Å². The first-order chi connectivity index (χ1) is 13.1. The Morgan fingerprint density at radius 2 is 1.74 bits per heavy atom. The number of fused-ring (bicyclic) bond motifs is 1. The van der Waals surface area contributed by atoms with Crippen molar-refractivity contribution in [2.45, 2.75) is 55.9 Å². The van der Waals surface area contributed by atoms with Crippen molar-refractivity contribution >= 4 is 27.7 Å². The highest BCUT2D eigenvalue weighted by atomic mass is 32.2. The van der Waals surface area contributed by atoms with E-state index in [1.165, 1.54) is 19.3 Å². The van der Waals surface area contributed by atoms with Crippen molar-refractivity contribution in [1.29, 1.82) is 0 Å². The number of aromatic nitrogens is 2. The maximum absolute atomic E-state index is 12.8. The molecule has 0 bridgehead atoms. The van der Waals surface area contributed by atoms with E-state index in [0.29, 0.717) is 17.7 Å². The van der Waals surface area contributed by atoms with Gasteiger partial charge in [-0.2, -0.15) is 0 Å². The van der Waals surface area contributed by atoms with E-state index in [9.17, 15) is 8.42 Å². The molecule has 27 heavy (non-hydrogen) atoms. The van der Waals surface area contributed by atoms with Gasteiger partial charge in [0.1, 0.15) is 0 Å². The summed E-state index contributed by atoms with van der Waals surface area (Å²) in [4.78, 5) is 9.54. The molecule has 2 N–H and O–H groups in total. The minimum atomic E-state index is -3.71. The fourth-order valence-corrected chi connectivity index (χ4v) is 4.64. The number of rotatable bonds is 5. The van der Waals surface area contributed by atoms with E-state index >= 15 is 0 Å². The number of hydrogen-bond donors (Lipinski definition) is 2. The smallest absolute Gasteiger partial charge is 0.263 e. The van der Waals surface area contributed by atoms with Crippen LogP contribution in [0.15, 0.2) is 41.3 Å². The van der Waals surface area contributed by atoms with Crippen LogP contribution in [-0.2, 0) is 16.4 Å². The zero-order chi connectivity index (χ0) is 18.7. The molecule has 7 heteroatoms. The normalized spacial score (nSPS) is 17.3. The van der Waals surface area contributed by atoms with Crippen LogP contribution < -0.4 is 10.0 Å². The van der Waals surface area contributed by atoms with Crippen LogP contribution >= 0.6 is 0 Å². The lowest BCUT2D eigenvalue weighted by Gasteiger charge is -2.25. The summed E-state index contributed by atoms with van der Waals surface area (Å²) in [6.45, 7) is 0. The monoisotopic (exact) mass is 384 g/mol. The maximum atomic E-state index is 12.8. The third kappa shape index (κ3) is 4.13. The Labute approximate surface area is 160 Å². The Hall–Kier alpha value is -2.41. The SMILES string of the molecule is O=S(=O)(Nc1nc2c(nc1NC1CCCCC1)C=CCC2)c1ccccc1. The number of allylic oxidation sites excluding steroid dienone is 1. The van der Waals surface area contributed by atoms with Gasteiger partial charge in [0.2, 0.25) is 0 Å². The summed E-state index contributed by atoms with van der Waals surface area (Å²) in [5.74, 6) is 0.810. The van der Waals surface area contributed by atoms with Gasteiger partial charge in [0.25, 0.3) is 10.0 Å². The van der Waals surface area contributed by atoms with Crippen molar-refractivity contribution in [3.8, 4) is 0 Å². The predicted molar refractivity (Wildman–Crippen MR) is 107 cm³/mol. The molecule has 6 nitrogen and oxygen atoms in total. The molecule has 0 amide bonds. The number of hydrogen-bond acceptors (Lipinski definition) is 5. The first-order valence-electron chi connectivity index (χ1n) is 9.54. The lowest BCUT2D eigenvalue weighted by atomic mass is 9.95. The number of nitrogens with one attached hydrogen (secondary N) is 2. The molecule has 1 aromatic carbocycles. The quantitative estimate of drug-likeness (QED) is 0.814. The van der Waals surface area contributed by atoms with Gasteiger partial charge < -0.3 is 5.32 Å². The molecule has 0 atom stereocenters. The zero-order valence-corrected chi connectivity index (χ0v) is 16.0. The van der Waals surface area contributed by atoms with Crippen LogP contribution in [0.4, 0.5) is 11.6 Å². The number of benzene rings is 1. The van der Waals surface area contributed by atoms with Gasteiger partial charge in [-0.15, -0.1) is 0 Å². The number of sulfonamides is 1. The molecule has 2 aliphatic carbocycles. The Morgan fingerprint density at radius 3 is 2.52 bits per heavy atom. The Morgan fingerprint density at radius 1 is 0.963 bits per heavy atom. The lowest BCUT2D eigenvalue weighted by Crippen LogP contribution is -2.25. The van der Waals surface area contributed by atoms with E-state index in [1.54, 1.807) is 30.3 Å². The molecule has 2 aromatic rings. The third-order valence-electron chi connectivity index (χ3n) is 5.05. The van der Waals surface area contributed by atoms with Gasteiger partial charge in [-0.3, -0.25) is 4.72 Å². The lowest BCUT2D eigenvalue weighted by molar-refractivity contribution is 0.462. The summed E-state index contributed by atoms with van der Waals surface area (Å²) in [5.41, 5.74) is 1.65. The number of anilines is 2. The molecule has 2 aliphatic rings. The molecular formula is C20H24N4O2S. The highest BCUT2D eigenvalue weighted by Gasteiger charge is 2.22. The van der Waals surface area contributed by atoms with Crippen molar-refractivity contribution in [3.05, 3.63) is 47.8 Å². The van der Waals surface area contributed by atoms with E-state index in [4.69, 9.17) is 4.98 Å². The summed E-state index contributed by atoms with van der Waals surface area (Å²) < 4.78 is 28.2. The Kier molecular flexibility index (Phi) is 5.11. The Balaban J connectivity index is 1.68. The van der Waals surface area contributed by atoms with Gasteiger partial charge in [0.05, 0.1) is 16.3 Å². The minimum absolute atomic E-state index is 0.216. The average Bonchev–Trinajstić information content (AvgIpc) is 2.70. The van der Waals surface area contributed by atoms with Gasteiger partial charge in [-0.1, -0.05) is 43.5 Å². The van der Waals surface area contributed by atoms with Gasteiger partial charge in [0.15, 0.2) is 11.6 Å². The summed E-state index contributed by atoms with van der Waals surface area (Å²) in [5, 5.41) is 3.44. The van der Waals surface area contributed by atoms with E-state index in [1.807, 2.05) is 6.08 Å². The largest absolute Gasteiger partial charge is 0.364 e. The standard InChI is InChI=1S/C20H24N4O2S/c25-27(26,16-11-5-2-6-12-16)24-20-19(21-15-9-3-1-4-10-15)22-17-13-7-8-14-18(17)23-20/h2,5-7,11-13,15H,1,3-4,8-10,14H2,(H,21,22)(H,23,24). The van der Waals surface area contributed by atoms with Crippen molar-refractivity contribution in [2.75, 3.05) is 10.0 Å². The highest BCUT2D eigenvalue weighted by molar-refractivity contribution is 7.92. The molecule has 1 aromatic heterocycles. The van der Waals surface area contributed by atoms with Gasteiger partial charge in [-0.25, -0.2) is 18.4 Å². The molecule has 142 valence electrons. The van der Waals surface area contributed by atoms with E-state index in [-0.39, 0.29) is 4.90 Å². The first kappa shape index (κ1) is 18.0. The predicted octanol–water partition coefficient (Wildman–Crippen LogP) is 3.98. The van der Waals surface area contributed by atoms with Crippen molar-refractivity contribution in [3.63, 3.8) is 0 Å². The molecule has 0 aliphatic heterocycles. The second-order valence-electron chi connectivity index (χ2n) is 7.09. The molecule has 1 heterocycles. The second-order valence-corrected chi connectivity index (χ2v) is 8.77. The zero-order valence-electron chi connectivity index (χ0n) is 15.2. The maximum Gasteiger partial charge on any atom is 0.263 e. The molecule has 0 unspecified atom stereocenters. The van der Waals surface area contributed by atoms with Crippen molar-refractivity contribution < 1.29 is 8.42 Å². The number of nitrogens with zero attached hydrogens (tertiary/aromatic N) is 2. The molecule has 4 rings (SSSR count). The fourth-order valence-electron chi connectivity index (χ4n) is 3.61. The number of aryl methyl sites for hydroxylation is 1. The third-order valence-corrected chi connectivity index (χ3v) is 6.41. The summed E-state index contributed by atoms with van der Waals surface area (Å²) >= 11 is 0. The van der Waals surface area contributed by atoms with E-state index in [2.05, 4.69) is 21.1 Å². The fraction of sp³-hybridized carbons (Fsp3) is 0.400. The summed E-state index contributed by atoms with van der Waals surface area (Å²) in [6, 6.07) is 8.66. The minimum Gasteiger partial charge on any atom is -0.364 e. The topological polar surface area (TPSA) is 84.0 Å². The molecule has 0 radical (unpaired) electrons. The van der Waals surface area contributed by atoms with Crippen molar-refractivity contribution in [1.82, 2.24) is 9.97 Å². The van der Waals surface area contributed by atoms with Crippen LogP contribution in [0.3, 0.4) is 0 Å². The first-order valence-corrected chi connectivity index (χ1v) is 11.0. The summed E-state index contributed by atoms with van der Waals surface area (Å²) in [7, 11) is -3.71. The van der Waals surface area contributed by atoms with Crippen LogP contribution in [0, 0.1) is 0 Å². The summed E-state index contributed by atoms with van der Waals surface area (Å²) in [6.07, 6.45) is 11.5. The molecule has 1 saturated carbocycles. The van der Waals surface area contributed by atoms with Gasteiger partial charge in [-0.05, 0) is 43.9 Å². The van der Waals surface area contributed by atoms with Gasteiger partial charge >= 0.3 is 0 Å². The van der Waals surface area contributed by atoms with Crippen LogP contribution in [0.1, 0.15) is 49.9 Å². The van der Waals surface area contributed by atoms with Crippen molar-refractivity contribution in [2.24, 2.45) is 0 Å². The van der Waals surface area contributed by atoms with Crippen LogP contribution in [0.25, 0.3) is 6.08 Å². The Bertz CT molecular complexity index is 936. The van der Waals surface area contributed by atoms with Crippen LogP contribution in [-0.4, -0.2) is 24.4 Å². The molecule has 0 saturated heterocycles. The van der Waals surface area contributed by atoms with E-state index in [0.717, 1.165) is 37.1 Å². The van der Waals surface area contributed by atoms with Crippen LogP contribution in [0.2, 0.25) is 0 Å². The molecular weight excluding hydrogens is 360 g/mol. The van der Waals surface area contributed by atoms with E-state index < -0.39 is 10.0 Å². The highest BCUT2D eigenvalue weighted by Crippen LogP contribution is 2.29. The molecule has 0 spiro atoms. The molecule has 1 fully saturated rings. The second kappa shape index (κ2) is 7.68. The van der Waals surface area contributed by atoms with Gasteiger partial charge in [0, 0.05) is 6.04 Å².